The minimum atomic E-state index is -0.0432. The number of aromatic nitrogens is 2. The molecule has 2 amide bonds. The minimum absolute atomic E-state index is 0.0432. The summed E-state index contributed by atoms with van der Waals surface area (Å²) in [5, 5.41) is 11.3. The van der Waals surface area contributed by atoms with Gasteiger partial charge in [0.25, 0.3) is 0 Å². The Morgan fingerprint density at radius 3 is 2.42 bits per heavy atom. The fourth-order valence-electron chi connectivity index (χ4n) is 2.78. The monoisotopic (exact) mass is 325 g/mol. The standard InChI is InChI=1S/C18H23N5O/c1-13-5-4-6-16(15(13)3)19-18(24)23-11-9-22(10-12-23)17-8-7-14(2)20-21-17/h4-8H,9-12H2,1-3H3,(H,19,24). The van der Waals surface area contributed by atoms with Gasteiger partial charge in [0.1, 0.15) is 0 Å². The molecular weight excluding hydrogens is 302 g/mol. The van der Waals surface area contributed by atoms with E-state index in [2.05, 4.69) is 20.4 Å². The van der Waals surface area contributed by atoms with Gasteiger partial charge in [-0.15, -0.1) is 5.10 Å². The van der Waals surface area contributed by atoms with E-state index in [-0.39, 0.29) is 6.03 Å². The Bertz CT molecular complexity index is 721. The van der Waals surface area contributed by atoms with Crippen molar-refractivity contribution in [1.82, 2.24) is 15.1 Å². The van der Waals surface area contributed by atoms with Crippen molar-refractivity contribution in [2.75, 3.05) is 36.4 Å². The van der Waals surface area contributed by atoms with Crippen molar-refractivity contribution >= 4 is 17.5 Å². The number of urea groups is 1. The van der Waals surface area contributed by atoms with Crippen molar-refractivity contribution in [2.24, 2.45) is 0 Å². The summed E-state index contributed by atoms with van der Waals surface area (Å²) in [5.41, 5.74) is 4.08. The number of nitrogens with zero attached hydrogens (tertiary/aromatic N) is 4. The molecule has 1 N–H and O–H groups in total. The summed E-state index contributed by atoms with van der Waals surface area (Å²) in [5.74, 6) is 0.871. The third-order valence-electron chi connectivity index (χ3n) is 4.52. The van der Waals surface area contributed by atoms with Gasteiger partial charge in [-0.1, -0.05) is 12.1 Å². The lowest BCUT2D eigenvalue weighted by atomic mass is 10.1. The summed E-state index contributed by atoms with van der Waals surface area (Å²) in [7, 11) is 0. The summed E-state index contributed by atoms with van der Waals surface area (Å²) in [4.78, 5) is 16.5. The lowest BCUT2D eigenvalue weighted by Gasteiger charge is -2.35. The number of benzene rings is 1. The molecule has 1 fully saturated rings. The Hall–Kier alpha value is -2.63. The second kappa shape index (κ2) is 6.86. The fraction of sp³-hybridized carbons (Fsp3) is 0.389. The van der Waals surface area contributed by atoms with Gasteiger partial charge in [-0.2, -0.15) is 5.10 Å². The number of carbonyl (C=O) groups excluding carboxylic acids is 1. The number of aryl methyl sites for hydroxylation is 2. The first kappa shape index (κ1) is 16.2. The van der Waals surface area contributed by atoms with Crippen LogP contribution in [0.15, 0.2) is 30.3 Å². The van der Waals surface area contributed by atoms with E-state index in [9.17, 15) is 4.79 Å². The molecule has 126 valence electrons. The predicted octanol–water partition coefficient (Wildman–Crippen LogP) is 2.76. The van der Waals surface area contributed by atoms with E-state index >= 15 is 0 Å². The molecule has 1 aliphatic rings. The first-order chi connectivity index (χ1) is 11.5. The average molecular weight is 325 g/mol. The van der Waals surface area contributed by atoms with E-state index < -0.39 is 0 Å². The normalized spacial score (nSPS) is 14.6. The van der Waals surface area contributed by atoms with Gasteiger partial charge >= 0.3 is 6.03 Å². The second-order valence-electron chi connectivity index (χ2n) is 6.18. The molecule has 0 atom stereocenters. The molecule has 1 aliphatic heterocycles. The van der Waals surface area contributed by atoms with Crippen LogP contribution >= 0.6 is 0 Å². The summed E-state index contributed by atoms with van der Waals surface area (Å²) < 4.78 is 0. The van der Waals surface area contributed by atoms with Gasteiger partial charge in [0.15, 0.2) is 5.82 Å². The molecule has 0 saturated carbocycles. The number of amides is 2. The van der Waals surface area contributed by atoms with Crippen LogP contribution in [-0.4, -0.2) is 47.3 Å². The van der Waals surface area contributed by atoms with Gasteiger partial charge in [0, 0.05) is 31.9 Å². The van der Waals surface area contributed by atoms with Crippen LogP contribution in [0.4, 0.5) is 16.3 Å². The zero-order chi connectivity index (χ0) is 17.1. The van der Waals surface area contributed by atoms with Gasteiger partial charge in [0.05, 0.1) is 5.69 Å². The summed E-state index contributed by atoms with van der Waals surface area (Å²) >= 11 is 0. The largest absolute Gasteiger partial charge is 0.352 e. The molecule has 2 heterocycles. The van der Waals surface area contributed by atoms with Gasteiger partial charge in [-0.25, -0.2) is 4.79 Å². The maximum Gasteiger partial charge on any atom is 0.321 e. The second-order valence-corrected chi connectivity index (χ2v) is 6.18. The fourth-order valence-corrected chi connectivity index (χ4v) is 2.78. The van der Waals surface area contributed by atoms with Crippen LogP contribution in [0.1, 0.15) is 16.8 Å². The number of carbonyl (C=O) groups is 1. The summed E-state index contributed by atoms with van der Waals surface area (Å²) in [6.45, 7) is 8.87. The highest BCUT2D eigenvalue weighted by Gasteiger charge is 2.22. The van der Waals surface area contributed by atoms with Crippen LogP contribution < -0.4 is 10.2 Å². The van der Waals surface area contributed by atoms with E-state index in [1.807, 2.05) is 56.0 Å². The van der Waals surface area contributed by atoms with Gasteiger partial charge in [0.2, 0.25) is 0 Å². The van der Waals surface area contributed by atoms with E-state index in [1.165, 1.54) is 5.56 Å². The highest BCUT2D eigenvalue weighted by molar-refractivity contribution is 5.90. The molecule has 0 aliphatic carbocycles. The lowest BCUT2D eigenvalue weighted by molar-refractivity contribution is 0.208. The van der Waals surface area contributed by atoms with Crippen molar-refractivity contribution in [3.05, 3.63) is 47.2 Å². The van der Waals surface area contributed by atoms with Crippen LogP contribution in [-0.2, 0) is 0 Å². The zero-order valence-electron chi connectivity index (χ0n) is 14.4. The third-order valence-corrected chi connectivity index (χ3v) is 4.52. The molecule has 6 nitrogen and oxygen atoms in total. The van der Waals surface area contributed by atoms with Crippen LogP contribution in [0.5, 0.6) is 0 Å². The number of anilines is 2. The maximum absolute atomic E-state index is 12.5. The molecule has 24 heavy (non-hydrogen) atoms. The van der Waals surface area contributed by atoms with E-state index in [1.54, 1.807) is 0 Å². The van der Waals surface area contributed by atoms with E-state index in [0.29, 0.717) is 13.1 Å². The summed E-state index contributed by atoms with van der Waals surface area (Å²) in [6, 6.07) is 9.85. The zero-order valence-corrected chi connectivity index (χ0v) is 14.4. The smallest absolute Gasteiger partial charge is 0.321 e. The van der Waals surface area contributed by atoms with Crippen LogP contribution in [0.2, 0.25) is 0 Å². The molecule has 0 radical (unpaired) electrons. The first-order valence-corrected chi connectivity index (χ1v) is 8.22. The topological polar surface area (TPSA) is 61.4 Å². The van der Waals surface area contributed by atoms with Gasteiger partial charge < -0.3 is 15.1 Å². The summed E-state index contributed by atoms with van der Waals surface area (Å²) in [6.07, 6.45) is 0. The van der Waals surface area contributed by atoms with Crippen LogP contribution in [0.3, 0.4) is 0 Å². The Kier molecular flexibility index (Phi) is 4.64. The SMILES string of the molecule is Cc1ccc(N2CCN(C(=O)Nc3cccc(C)c3C)CC2)nn1. The van der Waals surface area contributed by atoms with E-state index in [0.717, 1.165) is 35.9 Å². The van der Waals surface area contributed by atoms with Gasteiger partial charge in [-0.05, 0) is 50.1 Å². The molecular formula is C18H23N5O. The molecule has 1 saturated heterocycles. The number of rotatable bonds is 2. The van der Waals surface area contributed by atoms with Crippen molar-refractivity contribution in [2.45, 2.75) is 20.8 Å². The molecule has 0 unspecified atom stereocenters. The molecule has 3 rings (SSSR count). The Morgan fingerprint density at radius 1 is 1.00 bits per heavy atom. The van der Waals surface area contributed by atoms with Crippen LogP contribution in [0.25, 0.3) is 0 Å². The Balaban J connectivity index is 1.59. The van der Waals surface area contributed by atoms with Crippen molar-refractivity contribution < 1.29 is 4.79 Å². The number of hydrogen-bond donors (Lipinski definition) is 1. The number of hydrogen-bond acceptors (Lipinski definition) is 4. The quantitative estimate of drug-likeness (QED) is 0.922. The van der Waals surface area contributed by atoms with Gasteiger partial charge in [-0.3, -0.25) is 0 Å². The molecule has 2 aromatic rings. The molecule has 0 bridgehead atoms. The molecule has 1 aromatic heterocycles. The Labute approximate surface area is 142 Å². The van der Waals surface area contributed by atoms with Crippen molar-refractivity contribution in [1.29, 1.82) is 0 Å². The Morgan fingerprint density at radius 2 is 1.75 bits per heavy atom. The number of piperazine rings is 1. The molecule has 1 aromatic carbocycles. The highest BCUT2D eigenvalue weighted by atomic mass is 16.2. The lowest BCUT2D eigenvalue weighted by Crippen LogP contribution is -2.50. The van der Waals surface area contributed by atoms with E-state index in [4.69, 9.17) is 0 Å². The van der Waals surface area contributed by atoms with Crippen molar-refractivity contribution in [3.63, 3.8) is 0 Å². The van der Waals surface area contributed by atoms with Crippen LogP contribution in [0, 0.1) is 20.8 Å². The third kappa shape index (κ3) is 3.48. The average Bonchev–Trinajstić information content (AvgIpc) is 2.60. The highest BCUT2D eigenvalue weighted by Crippen LogP contribution is 2.19. The van der Waals surface area contributed by atoms with Crippen molar-refractivity contribution in [3.8, 4) is 0 Å². The molecule has 0 spiro atoms. The first-order valence-electron chi connectivity index (χ1n) is 8.22. The molecule has 6 heteroatoms. The maximum atomic E-state index is 12.5. The predicted molar refractivity (Wildman–Crippen MR) is 95.5 cm³/mol. The number of nitrogens with one attached hydrogen (secondary N) is 1. The minimum Gasteiger partial charge on any atom is -0.352 e.